The number of ether oxygens (including phenoxy) is 1. The van der Waals surface area contributed by atoms with Crippen LogP contribution in [0.15, 0.2) is 47.4 Å². The van der Waals surface area contributed by atoms with Crippen LogP contribution in [-0.2, 0) is 23.3 Å². The first-order chi connectivity index (χ1) is 20.4. The molecule has 1 saturated carbocycles. The number of hydrogen-bond donors (Lipinski definition) is 1. The molecule has 1 spiro atoms. The Balaban J connectivity index is 1.25. The van der Waals surface area contributed by atoms with Gasteiger partial charge in [-0.1, -0.05) is 18.2 Å². The first-order valence-corrected chi connectivity index (χ1v) is 14.3. The monoisotopic (exact) mass is 568 g/mol. The van der Waals surface area contributed by atoms with Crippen molar-refractivity contribution in [3.63, 3.8) is 0 Å². The molecule has 3 aliphatic heterocycles. The summed E-state index contributed by atoms with van der Waals surface area (Å²) in [6.45, 7) is 2.39. The van der Waals surface area contributed by atoms with E-state index in [-0.39, 0.29) is 64.4 Å². The van der Waals surface area contributed by atoms with Crippen LogP contribution in [0.1, 0.15) is 36.8 Å². The zero-order chi connectivity index (χ0) is 28.6. The molecule has 42 heavy (non-hydrogen) atoms. The van der Waals surface area contributed by atoms with Crippen LogP contribution in [0.2, 0.25) is 0 Å². The average molecular weight is 569 g/mol. The van der Waals surface area contributed by atoms with Gasteiger partial charge in [0, 0.05) is 43.0 Å². The molecular weight excluding hydrogens is 539 g/mol. The summed E-state index contributed by atoms with van der Waals surface area (Å²) in [4.78, 5) is 43.8. The van der Waals surface area contributed by atoms with Gasteiger partial charge in [0.05, 0.1) is 6.54 Å². The molecule has 1 N–H and O–H groups in total. The summed E-state index contributed by atoms with van der Waals surface area (Å²) < 4.78 is 24.0. The predicted octanol–water partition coefficient (Wildman–Crippen LogP) is 3.41. The number of nitrogens with one attached hydrogen (secondary N) is 1. The highest BCUT2D eigenvalue weighted by atomic mass is 19.1. The lowest BCUT2D eigenvalue weighted by Gasteiger charge is -2.32. The highest BCUT2D eigenvalue weighted by Crippen LogP contribution is 2.52. The Kier molecular flexibility index (Phi) is 5.52. The van der Waals surface area contributed by atoms with Gasteiger partial charge in [-0.3, -0.25) is 14.5 Å². The first-order valence-electron chi connectivity index (χ1n) is 14.3. The van der Waals surface area contributed by atoms with Crippen LogP contribution in [0, 0.1) is 5.82 Å². The SMILES string of the molecule is CN1Cc2cc(Nc3ncc4c(=O)n5n(c4n3)-c3nc4c(cc3F)OCC(=O)N4CCC/C=C\C5)ccc2C2(CC2)C1. The van der Waals surface area contributed by atoms with Crippen LogP contribution < -0.4 is 20.5 Å². The molecule has 3 aromatic heterocycles. The average Bonchev–Trinajstić information content (AvgIpc) is 3.67. The van der Waals surface area contributed by atoms with Crippen LogP contribution in [0.3, 0.4) is 0 Å². The van der Waals surface area contributed by atoms with Gasteiger partial charge in [-0.15, -0.1) is 0 Å². The predicted molar refractivity (Wildman–Crippen MR) is 154 cm³/mol. The highest BCUT2D eigenvalue weighted by Gasteiger charge is 2.48. The molecule has 0 unspecified atom stereocenters. The summed E-state index contributed by atoms with van der Waals surface area (Å²) in [5.74, 6) is -0.399. The minimum Gasteiger partial charge on any atom is -0.480 e. The summed E-state index contributed by atoms with van der Waals surface area (Å²) in [5, 5.41) is 3.52. The highest BCUT2D eigenvalue weighted by molar-refractivity contribution is 5.96. The molecule has 4 aromatic rings. The van der Waals surface area contributed by atoms with Crippen molar-refractivity contribution in [3.8, 4) is 11.6 Å². The van der Waals surface area contributed by atoms with E-state index in [0.29, 0.717) is 19.4 Å². The van der Waals surface area contributed by atoms with Gasteiger partial charge < -0.3 is 15.0 Å². The third-order valence-electron chi connectivity index (χ3n) is 8.68. The van der Waals surface area contributed by atoms with Crippen molar-refractivity contribution in [2.24, 2.45) is 0 Å². The Labute approximate surface area is 240 Å². The smallest absolute Gasteiger partial charge is 0.278 e. The maximum Gasteiger partial charge on any atom is 0.278 e. The molecule has 1 aromatic carbocycles. The summed E-state index contributed by atoms with van der Waals surface area (Å²) >= 11 is 0. The fraction of sp³-hybridized carbons (Fsp3) is 0.367. The summed E-state index contributed by atoms with van der Waals surface area (Å²) in [5.41, 5.74) is 3.65. The number of likely N-dealkylation sites (N-methyl/N-ethyl adjacent to an activating group) is 1. The van der Waals surface area contributed by atoms with E-state index < -0.39 is 5.82 Å². The van der Waals surface area contributed by atoms with E-state index in [1.165, 1.54) is 50.5 Å². The number of carbonyl (C=O) groups excluding carboxylic acids is 1. The van der Waals surface area contributed by atoms with Crippen LogP contribution in [0.5, 0.6) is 5.75 Å². The van der Waals surface area contributed by atoms with Gasteiger partial charge in [0.25, 0.3) is 11.5 Å². The van der Waals surface area contributed by atoms with Crippen LogP contribution in [-0.4, -0.2) is 61.9 Å². The Morgan fingerprint density at radius 3 is 2.83 bits per heavy atom. The topological polar surface area (TPSA) is 110 Å². The number of nitrogens with zero attached hydrogens (tertiary/aromatic N) is 7. The number of carbonyl (C=O) groups is 1. The second-order valence-corrected chi connectivity index (χ2v) is 11.6. The van der Waals surface area contributed by atoms with Gasteiger partial charge in [-0.25, -0.2) is 23.7 Å². The number of pyridine rings is 1. The zero-order valence-corrected chi connectivity index (χ0v) is 23.1. The van der Waals surface area contributed by atoms with Crippen molar-refractivity contribution in [2.45, 2.75) is 44.2 Å². The fourth-order valence-electron chi connectivity index (χ4n) is 6.57. The number of fused-ring (bicyclic) bond motifs is 7. The number of allylic oxidation sites excluding steroid dienone is 2. The fourth-order valence-corrected chi connectivity index (χ4v) is 6.57. The quantitative estimate of drug-likeness (QED) is 0.367. The Hall–Kier alpha value is -4.58. The number of aromatic nitrogens is 5. The van der Waals surface area contributed by atoms with Gasteiger partial charge in [0.15, 0.2) is 35.5 Å². The molecule has 1 amide bonds. The molecule has 0 atom stereocenters. The van der Waals surface area contributed by atoms with Crippen LogP contribution >= 0.6 is 0 Å². The van der Waals surface area contributed by atoms with Gasteiger partial charge in [0.1, 0.15) is 5.39 Å². The van der Waals surface area contributed by atoms with Crippen molar-refractivity contribution in [2.75, 3.05) is 37.0 Å². The number of halogens is 1. The largest absolute Gasteiger partial charge is 0.480 e. The molecule has 1 fully saturated rings. The van der Waals surface area contributed by atoms with E-state index in [9.17, 15) is 9.59 Å². The molecule has 0 saturated heterocycles. The molecule has 4 aliphatic rings. The van der Waals surface area contributed by atoms with Crippen molar-refractivity contribution in [1.82, 2.24) is 29.2 Å². The van der Waals surface area contributed by atoms with Gasteiger partial charge in [0.2, 0.25) is 5.95 Å². The van der Waals surface area contributed by atoms with Crippen LogP contribution in [0.4, 0.5) is 21.8 Å². The van der Waals surface area contributed by atoms with Crippen molar-refractivity contribution < 1.29 is 13.9 Å². The van der Waals surface area contributed by atoms with Gasteiger partial charge in [-0.2, -0.15) is 4.98 Å². The number of anilines is 3. The van der Waals surface area contributed by atoms with Crippen molar-refractivity contribution in [1.29, 1.82) is 0 Å². The summed E-state index contributed by atoms with van der Waals surface area (Å²) in [6, 6.07) is 7.59. The Bertz CT molecular complexity index is 1870. The van der Waals surface area contributed by atoms with E-state index >= 15 is 4.39 Å². The van der Waals surface area contributed by atoms with Gasteiger partial charge >= 0.3 is 0 Å². The molecule has 11 nitrogen and oxygen atoms in total. The number of amides is 1. The standard InChI is InChI=1S/C30H29FN8O3/c1-36-15-18-12-19(6-7-21(18)30(17-36)8-9-30)33-29-32-14-20-25(35-29)39-26-22(31)13-23-27(34-26)37(24(40)16-42-23)10-4-2-3-5-11-38(39)28(20)41/h3,5-7,12-14H,2,4,8-11,15-17H2,1H3,(H,32,33,35)/b5-3-. The van der Waals surface area contributed by atoms with Crippen molar-refractivity contribution in [3.05, 3.63) is 69.9 Å². The van der Waals surface area contributed by atoms with E-state index in [4.69, 9.17) is 9.72 Å². The van der Waals surface area contributed by atoms with E-state index in [0.717, 1.165) is 18.8 Å². The lowest BCUT2D eigenvalue weighted by atomic mass is 9.87. The normalized spacial score (nSPS) is 19.9. The van der Waals surface area contributed by atoms with E-state index in [1.807, 2.05) is 18.2 Å². The minimum absolute atomic E-state index is 0.144. The van der Waals surface area contributed by atoms with E-state index in [2.05, 4.69) is 39.4 Å². The maximum absolute atomic E-state index is 15.7. The third kappa shape index (κ3) is 3.92. The molecular formula is C30H29FN8O3. The summed E-state index contributed by atoms with van der Waals surface area (Å²) in [6.07, 6.45) is 9.09. The Morgan fingerprint density at radius 2 is 1.98 bits per heavy atom. The molecule has 0 radical (unpaired) electrons. The molecule has 6 heterocycles. The minimum atomic E-state index is -0.698. The second kappa shape index (κ2) is 9.21. The lowest BCUT2D eigenvalue weighted by Crippen LogP contribution is -2.40. The molecule has 12 heteroatoms. The number of hydrogen-bond acceptors (Lipinski definition) is 8. The third-order valence-corrected chi connectivity index (χ3v) is 8.68. The zero-order valence-electron chi connectivity index (χ0n) is 23.1. The summed E-state index contributed by atoms with van der Waals surface area (Å²) in [7, 11) is 2.15. The maximum atomic E-state index is 15.7. The van der Waals surface area contributed by atoms with E-state index in [1.54, 1.807) is 0 Å². The lowest BCUT2D eigenvalue weighted by molar-refractivity contribution is -0.121. The van der Waals surface area contributed by atoms with Gasteiger partial charge in [-0.05, 0) is 56.0 Å². The molecule has 1 aliphatic carbocycles. The van der Waals surface area contributed by atoms with Crippen LogP contribution in [0.25, 0.3) is 16.9 Å². The Morgan fingerprint density at radius 1 is 1.10 bits per heavy atom. The molecule has 2 bridgehead atoms. The number of rotatable bonds is 2. The molecule has 8 rings (SSSR count). The molecule has 214 valence electrons. The van der Waals surface area contributed by atoms with Crippen molar-refractivity contribution >= 4 is 34.4 Å². The second-order valence-electron chi connectivity index (χ2n) is 11.6. The number of benzene rings is 1. The first kappa shape index (κ1) is 25.2.